The topological polar surface area (TPSA) is 43.4 Å². The summed E-state index contributed by atoms with van der Waals surface area (Å²) in [5.41, 5.74) is 0.692. The fourth-order valence-electron chi connectivity index (χ4n) is 5.24. The summed E-state index contributed by atoms with van der Waals surface area (Å²) < 4.78 is 4.90. The van der Waals surface area contributed by atoms with Crippen molar-refractivity contribution < 1.29 is 14.3 Å². The van der Waals surface area contributed by atoms with Gasteiger partial charge in [0.2, 0.25) is 0 Å². The van der Waals surface area contributed by atoms with E-state index in [9.17, 15) is 9.59 Å². The van der Waals surface area contributed by atoms with Crippen LogP contribution in [0.4, 0.5) is 0 Å². The zero-order chi connectivity index (χ0) is 15.8. The Morgan fingerprint density at radius 3 is 1.86 bits per heavy atom. The highest BCUT2D eigenvalue weighted by molar-refractivity contribution is 5.96. The molecule has 3 heteroatoms. The maximum atomic E-state index is 12.0. The molecule has 0 amide bonds. The van der Waals surface area contributed by atoms with Crippen molar-refractivity contribution in [3.05, 3.63) is 0 Å². The Hall–Kier alpha value is -0.860. The summed E-state index contributed by atoms with van der Waals surface area (Å²) in [6, 6.07) is 0. The van der Waals surface area contributed by atoms with E-state index in [1.54, 1.807) is 0 Å². The van der Waals surface area contributed by atoms with E-state index in [1.165, 1.54) is 44.9 Å². The van der Waals surface area contributed by atoms with E-state index in [2.05, 4.69) is 13.8 Å². The molecule has 0 spiro atoms. The van der Waals surface area contributed by atoms with Gasteiger partial charge in [-0.1, -0.05) is 46.0 Å². The standard InChI is InChI=1S/C19H30O3/c1-18(10-5-3-4-6-11-18)19(2)12-7-8-14-15(9-13-19)17(21)22-16(14)20/h14-15H,3-13H2,1-2H3. The zero-order valence-corrected chi connectivity index (χ0v) is 14.2. The van der Waals surface area contributed by atoms with Crippen LogP contribution < -0.4 is 0 Å². The SMILES string of the molecule is CC1(C2(C)CCCC3C(=O)OC(=O)C3CC2)CCCCCC1. The number of carbonyl (C=O) groups is 2. The summed E-state index contributed by atoms with van der Waals surface area (Å²) in [4.78, 5) is 23.8. The van der Waals surface area contributed by atoms with Gasteiger partial charge >= 0.3 is 11.9 Å². The monoisotopic (exact) mass is 306 g/mol. The molecule has 3 aliphatic rings. The van der Waals surface area contributed by atoms with Gasteiger partial charge in [0.1, 0.15) is 0 Å². The normalized spacial score (nSPS) is 39.4. The molecule has 124 valence electrons. The molecule has 0 aromatic rings. The van der Waals surface area contributed by atoms with Gasteiger partial charge in [0.25, 0.3) is 0 Å². The number of cyclic esters (lactones) is 2. The van der Waals surface area contributed by atoms with Crippen molar-refractivity contribution >= 4 is 11.9 Å². The molecule has 3 atom stereocenters. The van der Waals surface area contributed by atoms with Crippen LogP contribution in [-0.4, -0.2) is 11.9 Å². The third-order valence-corrected chi connectivity index (χ3v) is 7.21. The van der Waals surface area contributed by atoms with Crippen molar-refractivity contribution in [3.8, 4) is 0 Å². The van der Waals surface area contributed by atoms with E-state index >= 15 is 0 Å². The Balaban J connectivity index is 1.77. The summed E-state index contributed by atoms with van der Waals surface area (Å²) in [7, 11) is 0. The first-order chi connectivity index (χ1) is 10.5. The van der Waals surface area contributed by atoms with E-state index in [-0.39, 0.29) is 23.8 Å². The summed E-state index contributed by atoms with van der Waals surface area (Å²) in [6.45, 7) is 4.93. The van der Waals surface area contributed by atoms with Crippen LogP contribution in [0.1, 0.15) is 84.5 Å². The molecular weight excluding hydrogens is 276 g/mol. The Morgan fingerprint density at radius 1 is 0.727 bits per heavy atom. The van der Waals surface area contributed by atoms with E-state index in [0.29, 0.717) is 10.8 Å². The van der Waals surface area contributed by atoms with Gasteiger partial charge in [0.05, 0.1) is 11.8 Å². The lowest BCUT2D eigenvalue weighted by atomic mass is 9.56. The highest BCUT2D eigenvalue weighted by atomic mass is 16.6. The second kappa shape index (κ2) is 5.98. The molecule has 0 aromatic heterocycles. The number of carbonyl (C=O) groups excluding carboxylic acids is 2. The molecule has 0 N–H and O–H groups in total. The number of hydrogen-bond acceptors (Lipinski definition) is 3. The Kier molecular flexibility index (Phi) is 4.35. The van der Waals surface area contributed by atoms with Gasteiger partial charge in [-0.25, -0.2) is 0 Å². The molecule has 1 saturated heterocycles. The largest absolute Gasteiger partial charge is 0.393 e. The van der Waals surface area contributed by atoms with Crippen molar-refractivity contribution in [2.45, 2.75) is 84.5 Å². The first kappa shape index (κ1) is 16.0. The van der Waals surface area contributed by atoms with Crippen molar-refractivity contribution in [2.75, 3.05) is 0 Å². The van der Waals surface area contributed by atoms with Gasteiger partial charge in [0, 0.05) is 0 Å². The van der Waals surface area contributed by atoms with E-state index in [4.69, 9.17) is 4.74 Å². The van der Waals surface area contributed by atoms with E-state index in [1.807, 2.05) is 0 Å². The van der Waals surface area contributed by atoms with E-state index in [0.717, 1.165) is 25.7 Å². The quantitative estimate of drug-likeness (QED) is 0.403. The lowest BCUT2D eigenvalue weighted by Gasteiger charge is -2.48. The first-order valence-electron chi connectivity index (χ1n) is 9.21. The summed E-state index contributed by atoms with van der Waals surface area (Å²) in [6.07, 6.45) is 13.0. The van der Waals surface area contributed by atoms with Crippen LogP contribution in [-0.2, 0) is 14.3 Å². The average molecular weight is 306 g/mol. The van der Waals surface area contributed by atoms with Crippen LogP contribution in [0.5, 0.6) is 0 Å². The van der Waals surface area contributed by atoms with E-state index < -0.39 is 0 Å². The maximum Gasteiger partial charge on any atom is 0.317 e. The van der Waals surface area contributed by atoms with Crippen LogP contribution in [0, 0.1) is 22.7 Å². The molecule has 2 saturated carbocycles. The molecule has 2 aliphatic carbocycles. The molecule has 22 heavy (non-hydrogen) atoms. The predicted molar refractivity (Wildman–Crippen MR) is 85.1 cm³/mol. The molecule has 1 aliphatic heterocycles. The molecule has 3 rings (SSSR count). The second-order valence-electron chi connectivity index (χ2n) is 8.42. The van der Waals surface area contributed by atoms with Gasteiger partial charge in [-0.15, -0.1) is 0 Å². The van der Waals surface area contributed by atoms with Crippen LogP contribution in [0.2, 0.25) is 0 Å². The Bertz CT molecular complexity index is 448. The predicted octanol–water partition coefficient (Wildman–Crippen LogP) is 4.63. The molecule has 0 bridgehead atoms. The van der Waals surface area contributed by atoms with Crippen LogP contribution >= 0.6 is 0 Å². The van der Waals surface area contributed by atoms with Crippen LogP contribution in [0.15, 0.2) is 0 Å². The number of esters is 2. The van der Waals surface area contributed by atoms with Gasteiger partial charge in [-0.2, -0.15) is 0 Å². The Labute approximate surface area is 134 Å². The van der Waals surface area contributed by atoms with Gasteiger partial charge < -0.3 is 4.74 Å². The lowest BCUT2D eigenvalue weighted by Crippen LogP contribution is -2.39. The molecule has 3 fully saturated rings. The van der Waals surface area contributed by atoms with Crippen molar-refractivity contribution in [2.24, 2.45) is 22.7 Å². The minimum absolute atomic E-state index is 0.154. The molecule has 0 radical (unpaired) electrons. The number of hydrogen-bond donors (Lipinski definition) is 0. The summed E-state index contributed by atoms with van der Waals surface area (Å²) in [5.74, 6) is -0.843. The molecule has 1 heterocycles. The zero-order valence-electron chi connectivity index (χ0n) is 14.2. The van der Waals surface area contributed by atoms with Crippen LogP contribution in [0.25, 0.3) is 0 Å². The van der Waals surface area contributed by atoms with Crippen molar-refractivity contribution in [1.29, 1.82) is 0 Å². The van der Waals surface area contributed by atoms with Crippen molar-refractivity contribution in [1.82, 2.24) is 0 Å². The second-order valence-corrected chi connectivity index (χ2v) is 8.42. The third kappa shape index (κ3) is 2.72. The number of fused-ring (bicyclic) bond motifs is 1. The van der Waals surface area contributed by atoms with Crippen LogP contribution in [0.3, 0.4) is 0 Å². The highest BCUT2D eigenvalue weighted by Crippen LogP contribution is 2.55. The third-order valence-electron chi connectivity index (χ3n) is 7.21. The van der Waals surface area contributed by atoms with Gasteiger partial charge in [0.15, 0.2) is 0 Å². The molecule has 3 nitrogen and oxygen atoms in total. The fourth-order valence-corrected chi connectivity index (χ4v) is 5.24. The van der Waals surface area contributed by atoms with Gasteiger partial charge in [-0.3, -0.25) is 9.59 Å². The minimum Gasteiger partial charge on any atom is -0.393 e. The first-order valence-corrected chi connectivity index (χ1v) is 9.21. The van der Waals surface area contributed by atoms with Crippen molar-refractivity contribution in [3.63, 3.8) is 0 Å². The molecular formula is C19H30O3. The molecule has 3 unspecified atom stereocenters. The minimum atomic E-state index is -0.265. The fraction of sp³-hybridized carbons (Fsp3) is 0.895. The average Bonchev–Trinajstić information content (AvgIpc) is 2.63. The Morgan fingerprint density at radius 2 is 1.23 bits per heavy atom. The van der Waals surface area contributed by atoms with Gasteiger partial charge in [-0.05, 0) is 49.4 Å². The summed E-state index contributed by atoms with van der Waals surface area (Å²) >= 11 is 0. The number of rotatable bonds is 1. The number of ether oxygens (including phenoxy) is 1. The summed E-state index contributed by atoms with van der Waals surface area (Å²) in [5, 5.41) is 0. The highest BCUT2D eigenvalue weighted by Gasteiger charge is 2.49. The smallest absolute Gasteiger partial charge is 0.317 e. The lowest BCUT2D eigenvalue weighted by molar-refractivity contribution is -0.153. The maximum absolute atomic E-state index is 12.0. The molecule has 0 aromatic carbocycles.